The molecule has 0 saturated carbocycles. The molecule has 1 rings (SSSR count). The van der Waals surface area contributed by atoms with Gasteiger partial charge in [-0.05, 0) is 18.6 Å². The van der Waals surface area contributed by atoms with Gasteiger partial charge in [-0.25, -0.2) is 0 Å². The second-order valence-electron chi connectivity index (χ2n) is 3.32. The minimum Gasteiger partial charge on any atom is -0.481 e. The molecule has 3 heteroatoms. The molecule has 0 spiro atoms. The Morgan fingerprint density at radius 1 is 1.38 bits per heavy atom. The van der Waals surface area contributed by atoms with E-state index in [2.05, 4.69) is 17.2 Å². The molecule has 0 saturated heterocycles. The first-order valence-corrected chi connectivity index (χ1v) is 5.08. The number of para-hydroxylation sites is 1. The van der Waals surface area contributed by atoms with E-state index in [0.717, 1.165) is 11.3 Å². The van der Waals surface area contributed by atoms with Gasteiger partial charge in [-0.2, -0.15) is 0 Å². The molecule has 16 heavy (non-hydrogen) atoms. The van der Waals surface area contributed by atoms with E-state index in [4.69, 9.17) is 4.74 Å². The summed E-state index contributed by atoms with van der Waals surface area (Å²) < 4.78 is 5.46. The summed E-state index contributed by atoms with van der Waals surface area (Å²) in [5.41, 5.74) is 1.09. The molecule has 0 unspecified atom stereocenters. The zero-order valence-corrected chi connectivity index (χ0v) is 9.54. The van der Waals surface area contributed by atoms with Crippen molar-refractivity contribution < 1.29 is 9.53 Å². The van der Waals surface area contributed by atoms with E-state index in [1.165, 1.54) is 6.92 Å². The van der Waals surface area contributed by atoms with E-state index >= 15 is 0 Å². The molecule has 1 amide bonds. The van der Waals surface area contributed by atoms with E-state index in [-0.39, 0.29) is 5.91 Å². The fourth-order valence-corrected chi connectivity index (χ4v) is 1.11. The number of benzene rings is 1. The van der Waals surface area contributed by atoms with Crippen LogP contribution in [0.2, 0.25) is 0 Å². The third-order valence-corrected chi connectivity index (χ3v) is 1.94. The van der Waals surface area contributed by atoms with Crippen LogP contribution in [0.5, 0.6) is 5.75 Å². The van der Waals surface area contributed by atoms with Crippen molar-refractivity contribution in [3.8, 4) is 17.6 Å². The first-order chi connectivity index (χ1) is 7.70. The number of hydrogen-bond donors (Lipinski definition) is 1. The lowest BCUT2D eigenvalue weighted by atomic mass is 10.2. The molecule has 0 heterocycles. The summed E-state index contributed by atoms with van der Waals surface area (Å²) >= 11 is 0. The SMILES string of the molecule is CC(=O)NCC#CCOc1ccccc1C. The molecule has 1 aromatic carbocycles. The molecule has 1 aromatic rings. The summed E-state index contributed by atoms with van der Waals surface area (Å²) in [4.78, 5) is 10.5. The quantitative estimate of drug-likeness (QED) is 0.779. The van der Waals surface area contributed by atoms with Crippen molar-refractivity contribution in [1.29, 1.82) is 0 Å². The number of nitrogens with one attached hydrogen (secondary N) is 1. The monoisotopic (exact) mass is 217 g/mol. The average Bonchev–Trinajstić information content (AvgIpc) is 2.25. The predicted octanol–water partition coefficient (Wildman–Crippen LogP) is 1.51. The normalized spacial score (nSPS) is 8.88. The lowest BCUT2D eigenvalue weighted by Crippen LogP contribution is -2.19. The second kappa shape index (κ2) is 6.52. The molecule has 84 valence electrons. The smallest absolute Gasteiger partial charge is 0.217 e. The molecule has 3 nitrogen and oxygen atoms in total. The standard InChI is InChI=1S/C13H15NO2/c1-11-7-3-4-8-13(11)16-10-6-5-9-14-12(2)15/h3-4,7-8H,9-10H2,1-2H3,(H,14,15). The Kier molecular flexibility index (Phi) is 4.94. The molecular formula is C13H15NO2. The van der Waals surface area contributed by atoms with Gasteiger partial charge in [0.15, 0.2) is 0 Å². The number of amides is 1. The highest BCUT2D eigenvalue weighted by Gasteiger charge is 1.94. The van der Waals surface area contributed by atoms with Gasteiger partial charge in [0.05, 0.1) is 6.54 Å². The molecule has 0 bridgehead atoms. The van der Waals surface area contributed by atoms with Crippen LogP contribution in [-0.2, 0) is 4.79 Å². The van der Waals surface area contributed by atoms with Crippen molar-refractivity contribution in [2.75, 3.05) is 13.2 Å². The molecule has 0 radical (unpaired) electrons. The van der Waals surface area contributed by atoms with Gasteiger partial charge in [-0.3, -0.25) is 4.79 Å². The van der Waals surface area contributed by atoms with Crippen molar-refractivity contribution >= 4 is 5.91 Å². The van der Waals surface area contributed by atoms with Gasteiger partial charge in [-0.15, -0.1) is 0 Å². The lowest BCUT2D eigenvalue weighted by molar-refractivity contribution is -0.118. The Hall–Kier alpha value is -1.95. The van der Waals surface area contributed by atoms with Gasteiger partial charge in [0.1, 0.15) is 12.4 Å². The van der Waals surface area contributed by atoms with Crippen molar-refractivity contribution in [2.45, 2.75) is 13.8 Å². The molecule has 0 aromatic heterocycles. The maximum Gasteiger partial charge on any atom is 0.217 e. The maximum atomic E-state index is 10.5. The van der Waals surface area contributed by atoms with E-state index in [1.807, 2.05) is 31.2 Å². The van der Waals surface area contributed by atoms with E-state index in [1.54, 1.807) is 0 Å². The largest absolute Gasteiger partial charge is 0.481 e. The van der Waals surface area contributed by atoms with Gasteiger partial charge in [0.2, 0.25) is 5.91 Å². The van der Waals surface area contributed by atoms with Crippen LogP contribution in [0.25, 0.3) is 0 Å². The number of rotatable bonds is 3. The maximum absolute atomic E-state index is 10.5. The zero-order valence-electron chi connectivity index (χ0n) is 9.54. The van der Waals surface area contributed by atoms with E-state index in [0.29, 0.717) is 13.2 Å². The minimum absolute atomic E-state index is 0.0749. The summed E-state index contributed by atoms with van der Waals surface area (Å²) in [6.45, 7) is 4.16. The van der Waals surface area contributed by atoms with Crippen molar-refractivity contribution in [2.24, 2.45) is 0 Å². The number of ether oxygens (including phenoxy) is 1. The number of carbonyl (C=O) groups excluding carboxylic acids is 1. The fraction of sp³-hybridized carbons (Fsp3) is 0.308. The van der Waals surface area contributed by atoms with Crippen LogP contribution in [0.3, 0.4) is 0 Å². The van der Waals surface area contributed by atoms with Crippen LogP contribution in [0.15, 0.2) is 24.3 Å². The Morgan fingerprint density at radius 2 is 2.12 bits per heavy atom. The predicted molar refractivity (Wildman–Crippen MR) is 63.1 cm³/mol. The molecule has 1 N–H and O–H groups in total. The summed E-state index contributed by atoms with van der Waals surface area (Å²) in [5, 5.41) is 2.59. The minimum atomic E-state index is -0.0749. The van der Waals surface area contributed by atoms with Crippen LogP contribution in [0.4, 0.5) is 0 Å². The highest BCUT2D eigenvalue weighted by molar-refractivity contribution is 5.73. The molecular weight excluding hydrogens is 202 g/mol. The van der Waals surface area contributed by atoms with Crippen molar-refractivity contribution in [3.63, 3.8) is 0 Å². The van der Waals surface area contributed by atoms with Crippen LogP contribution in [0.1, 0.15) is 12.5 Å². The van der Waals surface area contributed by atoms with Gasteiger partial charge in [0.25, 0.3) is 0 Å². The zero-order chi connectivity index (χ0) is 11.8. The van der Waals surface area contributed by atoms with Crippen molar-refractivity contribution in [1.82, 2.24) is 5.32 Å². The fourth-order valence-electron chi connectivity index (χ4n) is 1.11. The number of carbonyl (C=O) groups is 1. The second-order valence-corrected chi connectivity index (χ2v) is 3.32. The average molecular weight is 217 g/mol. The van der Waals surface area contributed by atoms with Crippen LogP contribution < -0.4 is 10.1 Å². The van der Waals surface area contributed by atoms with E-state index in [9.17, 15) is 4.79 Å². The van der Waals surface area contributed by atoms with Gasteiger partial charge >= 0.3 is 0 Å². The van der Waals surface area contributed by atoms with E-state index < -0.39 is 0 Å². The lowest BCUT2D eigenvalue weighted by Gasteiger charge is -2.04. The molecule has 0 aliphatic heterocycles. The Labute approximate surface area is 95.8 Å². The summed E-state index contributed by atoms with van der Waals surface area (Å²) in [6.07, 6.45) is 0. The first-order valence-electron chi connectivity index (χ1n) is 5.08. The molecule has 0 fully saturated rings. The highest BCUT2D eigenvalue weighted by Crippen LogP contribution is 2.15. The van der Waals surface area contributed by atoms with Crippen LogP contribution in [0, 0.1) is 18.8 Å². The van der Waals surface area contributed by atoms with Gasteiger partial charge in [-0.1, -0.05) is 30.0 Å². The topological polar surface area (TPSA) is 38.3 Å². The Balaban J connectivity index is 2.30. The van der Waals surface area contributed by atoms with Gasteiger partial charge < -0.3 is 10.1 Å². The Morgan fingerprint density at radius 3 is 2.81 bits per heavy atom. The molecule has 0 aliphatic carbocycles. The summed E-state index contributed by atoms with van der Waals surface area (Å²) in [6, 6.07) is 7.78. The Bertz CT molecular complexity index is 415. The third-order valence-electron chi connectivity index (χ3n) is 1.94. The number of hydrogen-bond acceptors (Lipinski definition) is 2. The molecule has 0 aliphatic rings. The summed E-state index contributed by atoms with van der Waals surface area (Å²) in [7, 11) is 0. The third kappa shape index (κ3) is 4.52. The van der Waals surface area contributed by atoms with Crippen molar-refractivity contribution in [3.05, 3.63) is 29.8 Å². The van der Waals surface area contributed by atoms with Crippen LogP contribution in [-0.4, -0.2) is 19.1 Å². The summed E-state index contributed by atoms with van der Waals surface area (Å²) in [5.74, 6) is 6.40. The van der Waals surface area contributed by atoms with Gasteiger partial charge in [0, 0.05) is 6.92 Å². The molecule has 0 atom stereocenters. The number of aryl methyl sites for hydroxylation is 1. The first kappa shape index (κ1) is 12.1. The highest BCUT2D eigenvalue weighted by atomic mass is 16.5. The van der Waals surface area contributed by atoms with Crippen LogP contribution >= 0.6 is 0 Å².